The van der Waals surface area contributed by atoms with Crippen molar-refractivity contribution in [3.63, 3.8) is 0 Å². The fourth-order valence-electron chi connectivity index (χ4n) is 2.75. The van der Waals surface area contributed by atoms with Crippen molar-refractivity contribution in [1.82, 2.24) is 0 Å². The number of nitrogens with one attached hydrogen (secondary N) is 2. The molecule has 2 aromatic rings. The highest BCUT2D eigenvalue weighted by molar-refractivity contribution is 5.95. The zero-order valence-corrected chi connectivity index (χ0v) is 14.9. The summed E-state index contributed by atoms with van der Waals surface area (Å²) in [6.45, 7) is 6.45. The summed E-state index contributed by atoms with van der Waals surface area (Å²) in [6.07, 6.45) is 1.87. The van der Waals surface area contributed by atoms with Crippen molar-refractivity contribution in [3.8, 4) is 5.75 Å². The van der Waals surface area contributed by atoms with Gasteiger partial charge in [-0.05, 0) is 48.6 Å². The molecule has 0 saturated carbocycles. The number of ether oxygens (including phenoxy) is 1. The molecular weight excluding hydrogens is 300 g/mol. The Morgan fingerprint density at radius 3 is 2.33 bits per heavy atom. The summed E-state index contributed by atoms with van der Waals surface area (Å²) < 4.78 is 5.30. The Kier molecular flexibility index (Phi) is 6.24. The van der Waals surface area contributed by atoms with Crippen molar-refractivity contribution in [2.45, 2.75) is 33.6 Å². The predicted octanol–water partition coefficient (Wildman–Crippen LogP) is 4.18. The van der Waals surface area contributed by atoms with E-state index in [0.29, 0.717) is 11.4 Å². The highest BCUT2D eigenvalue weighted by Crippen LogP contribution is 2.25. The van der Waals surface area contributed by atoms with Crippen LogP contribution in [0.3, 0.4) is 0 Å². The number of para-hydroxylation sites is 1. The monoisotopic (exact) mass is 326 g/mol. The number of carbonyl (C=O) groups excluding carboxylic acids is 1. The number of hydrogen-bond acceptors (Lipinski definition) is 3. The molecule has 0 aliphatic rings. The van der Waals surface area contributed by atoms with Gasteiger partial charge in [-0.1, -0.05) is 38.1 Å². The van der Waals surface area contributed by atoms with Crippen LogP contribution in [0.4, 0.5) is 11.4 Å². The quantitative estimate of drug-likeness (QED) is 0.802. The first-order chi connectivity index (χ1) is 11.6. The fraction of sp³-hybridized carbons (Fsp3) is 0.350. The van der Waals surface area contributed by atoms with E-state index >= 15 is 0 Å². The summed E-state index contributed by atoms with van der Waals surface area (Å²) in [6, 6.07) is 12.0. The lowest BCUT2D eigenvalue weighted by molar-refractivity contribution is -0.114. The molecule has 1 amide bonds. The molecule has 2 rings (SSSR count). The van der Waals surface area contributed by atoms with E-state index in [-0.39, 0.29) is 12.5 Å². The van der Waals surface area contributed by atoms with Crippen molar-refractivity contribution < 1.29 is 9.53 Å². The standard InChI is InChI=1S/C20H26N2O2/c1-5-15-8-7-9-16(6-2)20(15)21-13-19(23)22-17-12-14(3)10-11-18(17)24-4/h7-12,21H,5-6,13H2,1-4H3,(H,22,23). The lowest BCUT2D eigenvalue weighted by Gasteiger charge is -2.16. The Labute approximate surface area is 144 Å². The number of anilines is 2. The summed E-state index contributed by atoms with van der Waals surface area (Å²) >= 11 is 0. The first-order valence-corrected chi connectivity index (χ1v) is 8.38. The molecule has 0 aliphatic heterocycles. The van der Waals surface area contributed by atoms with E-state index in [4.69, 9.17) is 4.74 Å². The lowest BCUT2D eigenvalue weighted by Crippen LogP contribution is -2.23. The van der Waals surface area contributed by atoms with Crippen LogP contribution in [-0.2, 0) is 17.6 Å². The van der Waals surface area contributed by atoms with Crippen molar-refractivity contribution >= 4 is 17.3 Å². The first kappa shape index (κ1) is 17.9. The van der Waals surface area contributed by atoms with Crippen molar-refractivity contribution in [2.75, 3.05) is 24.3 Å². The van der Waals surface area contributed by atoms with E-state index in [9.17, 15) is 4.79 Å². The van der Waals surface area contributed by atoms with Crippen molar-refractivity contribution in [2.24, 2.45) is 0 Å². The molecular formula is C20H26N2O2. The molecule has 0 unspecified atom stereocenters. The van der Waals surface area contributed by atoms with Crippen LogP contribution >= 0.6 is 0 Å². The second kappa shape index (κ2) is 8.39. The Hall–Kier alpha value is -2.49. The van der Waals surface area contributed by atoms with Gasteiger partial charge in [0, 0.05) is 5.69 Å². The smallest absolute Gasteiger partial charge is 0.243 e. The summed E-state index contributed by atoms with van der Waals surface area (Å²) in [5.74, 6) is 0.573. The molecule has 0 radical (unpaired) electrons. The maximum Gasteiger partial charge on any atom is 0.243 e. The summed E-state index contributed by atoms with van der Waals surface area (Å²) in [7, 11) is 1.60. The van der Waals surface area contributed by atoms with Gasteiger partial charge in [0.05, 0.1) is 19.3 Å². The summed E-state index contributed by atoms with van der Waals surface area (Å²) in [5, 5.41) is 6.22. The number of carbonyl (C=O) groups is 1. The zero-order valence-electron chi connectivity index (χ0n) is 14.9. The van der Waals surface area contributed by atoms with Crippen molar-refractivity contribution in [1.29, 1.82) is 0 Å². The van der Waals surface area contributed by atoms with Crippen LogP contribution < -0.4 is 15.4 Å². The summed E-state index contributed by atoms with van der Waals surface area (Å²) in [5.41, 5.74) is 5.31. The Balaban J connectivity index is 2.08. The number of aryl methyl sites for hydroxylation is 3. The third-order valence-corrected chi connectivity index (χ3v) is 4.05. The Bertz CT molecular complexity index is 689. The number of benzene rings is 2. The Morgan fingerprint density at radius 2 is 1.75 bits per heavy atom. The van der Waals surface area contributed by atoms with E-state index in [1.165, 1.54) is 11.1 Å². The Morgan fingerprint density at radius 1 is 1.08 bits per heavy atom. The third-order valence-electron chi connectivity index (χ3n) is 4.05. The molecule has 0 spiro atoms. The van der Waals surface area contributed by atoms with Crippen LogP contribution in [0, 0.1) is 6.92 Å². The van der Waals surface area contributed by atoms with E-state index in [0.717, 1.165) is 24.1 Å². The maximum absolute atomic E-state index is 12.3. The second-order valence-electron chi connectivity index (χ2n) is 5.76. The molecule has 0 heterocycles. The molecule has 0 atom stereocenters. The van der Waals surface area contributed by atoms with E-state index in [2.05, 4.69) is 42.7 Å². The van der Waals surface area contributed by atoms with Gasteiger partial charge in [-0.15, -0.1) is 0 Å². The van der Waals surface area contributed by atoms with E-state index < -0.39 is 0 Å². The number of methoxy groups -OCH3 is 1. The highest BCUT2D eigenvalue weighted by atomic mass is 16.5. The molecule has 4 heteroatoms. The van der Waals surface area contributed by atoms with E-state index in [1.807, 2.05) is 25.1 Å². The normalized spacial score (nSPS) is 10.3. The van der Waals surface area contributed by atoms with Gasteiger partial charge in [0.1, 0.15) is 5.75 Å². The van der Waals surface area contributed by atoms with E-state index in [1.54, 1.807) is 7.11 Å². The van der Waals surface area contributed by atoms with Crippen LogP contribution in [0.2, 0.25) is 0 Å². The van der Waals surface area contributed by atoms with Crippen LogP contribution in [0.1, 0.15) is 30.5 Å². The van der Waals surface area contributed by atoms with Gasteiger partial charge in [0.25, 0.3) is 0 Å². The second-order valence-corrected chi connectivity index (χ2v) is 5.76. The topological polar surface area (TPSA) is 50.4 Å². The minimum atomic E-state index is -0.0909. The van der Waals surface area contributed by atoms with Gasteiger partial charge in [-0.2, -0.15) is 0 Å². The molecule has 128 valence electrons. The van der Waals surface area contributed by atoms with Gasteiger partial charge in [-0.3, -0.25) is 4.79 Å². The van der Waals surface area contributed by atoms with Crippen LogP contribution in [0.5, 0.6) is 5.75 Å². The molecule has 4 nitrogen and oxygen atoms in total. The fourth-order valence-corrected chi connectivity index (χ4v) is 2.75. The third kappa shape index (κ3) is 4.28. The van der Waals surface area contributed by atoms with Crippen molar-refractivity contribution in [3.05, 3.63) is 53.1 Å². The summed E-state index contributed by atoms with van der Waals surface area (Å²) in [4.78, 5) is 12.3. The van der Waals surface area contributed by atoms with Gasteiger partial charge in [0.2, 0.25) is 5.91 Å². The lowest BCUT2D eigenvalue weighted by atomic mass is 10.0. The predicted molar refractivity (Wildman–Crippen MR) is 100 cm³/mol. The first-order valence-electron chi connectivity index (χ1n) is 8.38. The highest BCUT2D eigenvalue weighted by Gasteiger charge is 2.10. The van der Waals surface area contributed by atoms with Crippen LogP contribution in [0.25, 0.3) is 0 Å². The van der Waals surface area contributed by atoms with Crippen LogP contribution in [0.15, 0.2) is 36.4 Å². The average Bonchev–Trinajstić information content (AvgIpc) is 2.59. The molecule has 0 fully saturated rings. The number of rotatable bonds is 7. The molecule has 2 N–H and O–H groups in total. The van der Waals surface area contributed by atoms with Gasteiger partial charge in [-0.25, -0.2) is 0 Å². The minimum absolute atomic E-state index is 0.0909. The van der Waals surface area contributed by atoms with Crippen LogP contribution in [-0.4, -0.2) is 19.6 Å². The molecule has 24 heavy (non-hydrogen) atoms. The molecule has 0 saturated heterocycles. The zero-order chi connectivity index (χ0) is 17.5. The molecule has 0 aromatic heterocycles. The number of hydrogen-bond donors (Lipinski definition) is 2. The SMILES string of the molecule is CCc1cccc(CC)c1NCC(=O)Nc1cc(C)ccc1OC. The molecule has 2 aromatic carbocycles. The molecule has 0 bridgehead atoms. The largest absolute Gasteiger partial charge is 0.495 e. The number of amides is 1. The van der Waals surface area contributed by atoms with Gasteiger partial charge < -0.3 is 15.4 Å². The molecule has 0 aliphatic carbocycles. The minimum Gasteiger partial charge on any atom is -0.495 e. The maximum atomic E-state index is 12.3. The average molecular weight is 326 g/mol. The van der Waals surface area contributed by atoms with Gasteiger partial charge >= 0.3 is 0 Å². The van der Waals surface area contributed by atoms with Gasteiger partial charge in [0.15, 0.2) is 0 Å².